The molecule has 2 N–H and O–H groups in total. The highest BCUT2D eigenvalue weighted by atomic mass is 16.8. The Morgan fingerprint density at radius 2 is 1.70 bits per heavy atom. The van der Waals surface area contributed by atoms with E-state index in [9.17, 15) is 4.79 Å². The van der Waals surface area contributed by atoms with Gasteiger partial charge in [0, 0.05) is 12.3 Å². The lowest BCUT2D eigenvalue weighted by Crippen LogP contribution is -2.47. The summed E-state index contributed by atoms with van der Waals surface area (Å²) in [7, 11) is 0. The summed E-state index contributed by atoms with van der Waals surface area (Å²) in [6.45, 7) is 9.40. The van der Waals surface area contributed by atoms with E-state index in [-0.39, 0.29) is 5.41 Å². The zero-order valence-corrected chi connectivity index (χ0v) is 12.8. The van der Waals surface area contributed by atoms with Crippen molar-refractivity contribution in [3.63, 3.8) is 0 Å². The molecule has 4 nitrogen and oxygen atoms in total. The van der Waals surface area contributed by atoms with Gasteiger partial charge in [-0.15, -0.1) is 0 Å². The molecule has 0 radical (unpaired) electrons. The van der Waals surface area contributed by atoms with Gasteiger partial charge >= 0.3 is 5.97 Å². The highest BCUT2D eigenvalue weighted by molar-refractivity contribution is 5.82. The van der Waals surface area contributed by atoms with Crippen molar-refractivity contribution in [2.24, 2.45) is 11.1 Å². The van der Waals surface area contributed by atoms with Crippen molar-refractivity contribution >= 4 is 5.97 Å². The molecular formula is C16H23NO3. The lowest BCUT2D eigenvalue weighted by atomic mass is 9.86. The number of benzene rings is 1. The first kappa shape index (κ1) is 15.0. The minimum absolute atomic E-state index is 0.336. The average Bonchev–Trinajstić information content (AvgIpc) is 2.61. The van der Waals surface area contributed by atoms with Gasteiger partial charge < -0.3 is 15.2 Å². The third kappa shape index (κ3) is 2.23. The van der Waals surface area contributed by atoms with Crippen molar-refractivity contribution in [1.29, 1.82) is 0 Å². The van der Waals surface area contributed by atoms with Crippen molar-refractivity contribution in [2.75, 3.05) is 0 Å². The minimum Gasteiger partial charge on any atom is -0.431 e. The van der Waals surface area contributed by atoms with E-state index < -0.39 is 23.4 Å². The number of ether oxygens (including phenoxy) is 2. The van der Waals surface area contributed by atoms with Gasteiger partial charge in [0.15, 0.2) is 5.60 Å². The number of cyclic esters (lactones) is 1. The topological polar surface area (TPSA) is 61.5 Å². The number of rotatable bonds is 2. The Balaban J connectivity index is 2.35. The SMILES string of the molecule is CC(C)(C)[C@]1(C)OC(=O)[C@@](C)([C@@H](N)c2ccccc2)O1. The highest BCUT2D eigenvalue weighted by Gasteiger charge is 2.60. The van der Waals surface area contributed by atoms with Crippen molar-refractivity contribution < 1.29 is 14.3 Å². The second-order valence-corrected chi connectivity index (χ2v) is 6.68. The number of carbonyl (C=O) groups is 1. The number of carbonyl (C=O) groups excluding carboxylic acids is 1. The summed E-state index contributed by atoms with van der Waals surface area (Å²) in [4.78, 5) is 12.3. The van der Waals surface area contributed by atoms with E-state index >= 15 is 0 Å². The molecule has 0 aliphatic carbocycles. The van der Waals surface area contributed by atoms with Crippen LogP contribution in [0.4, 0.5) is 0 Å². The molecular weight excluding hydrogens is 254 g/mol. The molecule has 1 aromatic rings. The van der Waals surface area contributed by atoms with Gasteiger partial charge in [0.25, 0.3) is 0 Å². The maximum atomic E-state index is 12.3. The Morgan fingerprint density at radius 1 is 1.15 bits per heavy atom. The molecule has 0 saturated carbocycles. The van der Waals surface area contributed by atoms with Crippen LogP contribution in [0.3, 0.4) is 0 Å². The summed E-state index contributed by atoms with van der Waals surface area (Å²) in [5.41, 5.74) is 5.60. The van der Waals surface area contributed by atoms with Crippen LogP contribution in [0.1, 0.15) is 46.2 Å². The summed E-state index contributed by atoms with van der Waals surface area (Å²) in [6, 6.07) is 8.90. The molecule has 1 aromatic carbocycles. The third-order valence-corrected chi connectivity index (χ3v) is 4.21. The van der Waals surface area contributed by atoms with E-state index in [1.165, 1.54) is 0 Å². The quantitative estimate of drug-likeness (QED) is 0.844. The number of hydrogen-bond donors (Lipinski definition) is 1. The van der Waals surface area contributed by atoms with Crippen molar-refractivity contribution in [3.05, 3.63) is 35.9 Å². The van der Waals surface area contributed by atoms with E-state index in [4.69, 9.17) is 15.2 Å². The molecule has 2 rings (SSSR count). The third-order valence-electron chi connectivity index (χ3n) is 4.21. The number of hydrogen-bond acceptors (Lipinski definition) is 4. The first-order valence-electron chi connectivity index (χ1n) is 6.84. The van der Waals surface area contributed by atoms with Crippen LogP contribution >= 0.6 is 0 Å². The van der Waals surface area contributed by atoms with Crippen LogP contribution in [0.2, 0.25) is 0 Å². The van der Waals surface area contributed by atoms with Crippen molar-refractivity contribution in [3.8, 4) is 0 Å². The summed E-state index contributed by atoms with van der Waals surface area (Å²) in [6.07, 6.45) is 0. The lowest BCUT2D eigenvalue weighted by molar-refractivity contribution is -0.232. The van der Waals surface area contributed by atoms with Crippen molar-refractivity contribution in [2.45, 2.75) is 52.0 Å². The van der Waals surface area contributed by atoms with Crippen LogP contribution in [0, 0.1) is 5.41 Å². The first-order valence-corrected chi connectivity index (χ1v) is 6.84. The molecule has 0 unspecified atom stereocenters. The van der Waals surface area contributed by atoms with Gasteiger partial charge in [0.2, 0.25) is 5.79 Å². The highest BCUT2D eigenvalue weighted by Crippen LogP contribution is 2.47. The molecule has 0 amide bonds. The van der Waals surface area contributed by atoms with E-state index in [1.807, 2.05) is 51.1 Å². The number of nitrogens with two attached hydrogens (primary N) is 1. The molecule has 1 saturated heterocycles. The Labute approximate surface area is 120 Å². The Kier molecular flexibility index (Phi) is 3.43. The van der Waals surface area contributed by atoms with Crippen LogP contribution in [-0.4, -0.2) is 17.4 Å². The van der Waals surface area contributed by atoms with Crippen LogP contribution in [-0.2, 0) is 14.3 Å². The fraction of sp³-hybridized carbons (Fsp3) is 0.562. The maximum absolute atomic E-state index is 12.3. The van der Waals surface area contributed by atoms with Crippen LogP contribution in [0.5, 0.6) is 0 Å². The maximum Gasteiger partial charge on any atom is 0.342 e. The fourth-order valence-electron chi connectivity index (χ4n) is 2.22. The van der Waals surface area contributed by atoms with Gasteiger partial charge in [-0.3, -0.25) is 0 Å². The molecule has 4 heteroatoms. The zero-order valence-electron chi connectivity index (χ0n) is 12.8. The largest absolute Gasteiger partial charge is 0.431 e. The molecule has 0 bridgehead atoms. The standard InChI is InChI=1S/C16H23NO3/c1-14(2,3)16(5)19-13(18)15(4,20-16)12(17)11-9-7-6-8-10-11/h6-10,12H,17H2,1-5H3/t12-,15+,16+/m0/s1. The van der Waals surface area contributed by atoms with Gasteiger partial charge in [0.05, 0.1) is 6.04 Å². The predicted octanol–water partition coefficient (Wildman–Crippen LogP) is 2.78. The van der Waals surface area contributed by atoms with E-state index in [0.29, 0.717) is 0 Å². The van der Waals surface area contributed by atoms with Gasteiger partial charge in [0.1, 0.15) is 0 Å². The first-order chi connectivity index (χ1) is 9.10. The average molecular weight is 277 g/mol. The summed E-state index contributed by atoms with van der Waals surface area (Å²) >= 11 is 0. The van der Waals surface area contributed by atoms with E-state index in [0.717, 1.165) is 5.56 Å². The molecule has 3 atom stereocenters. The van der Waals surface area contributed by atoms with E-state index in [1.54, 1.807) is 13.8 Å². The second-order valence-electron chi connectivity index (χ2n) is 6.68. The molecule has 1 aliphatic heterocycles. The number of esters is 1. The minimum atomic E-state index is -1.18. The molecule has 20 heavy (non-hydrogen) atoms. The van der Waals surface area contributed by atoms with Gasteiger partial charge in [-0.2, -0.15) is 0 Å². The Bertz CT molecular complexity index is 508. The summed E-state index contributed by atoms with van der Waals surface area (Å²) in [5, 5.41) is 0. The molecule has 1 fully saturated rings. The molecule has 1 heterocycles. The van der Waals surface area contributed by atoms with Gasteiger partial charge in [-0.1, -0.05) is 51.1 Å². The summed E-state index contributed by atoms with van der Waals surface area (Å²) in [5.74, 6) is -1.39. The second kappa shape index (κ2) is 4.57. The fourth-order valence-corrected chi connectivity index (χ4v) is 2.22. The molecule has 1 aliphatic rings. The smallest absolute Gasteiger partial charge is 0.342 e. The predicted molar refractivity (Wildman–Crippen MR) is 76.8 cm³/mol. The van der Waals surface area contributed by atoms with Gasteiger partial charge in [-0.05, 0) is 12.5 Å². The zero-order chi connectivity index (χ0) is 15.2. The van der Waals surface area contributed by atoms with Crippen molar-refractivity contribution in [1.82, 2.24) is 0 Å². The normalized spacial score (nSPS) is 32.0. The molecule has 0 aromatic heterocycles. The van der Waals surface area contributed by atoms with Crippen LogP contribution in [0.15, 0.2) is 30.3 Å². The van der Waals surface area contributed by atoms with Crippen LogP contribution < -0.4 is 5.73 Å². The van der Waals surface area contributed by atoms with E-state index in [2.05, 4.69) is 0 Å². The Morgan fingerprint density at radius 3 is 2.15 bits per heavy atom. The van der Waals surface area contributed by atoms with Gasteiger partial charge in [-0.25, -0.2) is 4.79 Å². The monoisotopic (exact) mass is 277 g/mol. The Hall–Kier alpha value is -1.39. The molecule has 110 valence electrons. The summed E-state index contributed by atoms with van der Waals surface area (Å²) < 4.78 is 11.6. The molecule has 0 spiro atoms. The lowest BCUT2D eigenvalue weighted by Gasteiger charge is -2.37. The van der Waals surface area contributed by atoms with Crippen LogP contribution in [0.25, 0.3) is 0 Å².